The van der Waals surface area contributed by atoms with Gasteiger partial charge in [-0.1, -0.05) is 18.2 Å². The van der Waals surface area contributed by atoms with Gasteiger partial charge < -0.3 is 14.4 Å². The lowest BCUT2D eigenvalue weighted by atomic mass is 10.1. The van der Waals surface area contributed by atoms with Crippen LogP contribution >= 0.6 is 0 Å². The molecule has 108 valence electrons. The molecule has 0 fully saturated rings. The van der Waals surface area contributed by atoms with Gasteiger partial charge in [-0.2, -0.15) is 0 Å². The number of fused-ring (bicyclic) bond motifs is 1. The fourth-order valence-electron chi connectivity index (χ4n) is 2.60. The molecule has 3 rings (SSSR count). The molecular formula is C16H15NO4. The second-order valence-electron chi connectivity index (χ2n) is 5.20. The third kappa shape index (κ3) is 2.54. The lowest BCUT2D eigenvalue weighted by Gasteiger charge is -2.16. The summed E-state index contributed by atoms with van der Waals surface area (Å²) in [5, 5.41) is 9.04. The summed E-state index contributed by atoms with van der Waals surface area (Å²) in [6.45, 7) is 2.30. The van der Waals surface area contributed by atoms with Crippen LogP contribution in [0.25, 0.3) is 0 Å². The van der Waals surface area contributed by atoms with Crippen LogP contribution in [-0.2, 0) is 13.0 Å². The molecular weight excluding hydrogens is 270 g/mol. The molecule has 1 aromatic carbocycles. The minimum absolute atomic E-state index is 0.0507. The zero-order chi connectivity index (χ0) is 15.0. The van der Waals surface area contributed by atoms with Gasteiger partial charge in [0.2, 0.25) is 0 Å². The maximum atomic E-state index is 11.6. The molecule has 1 aliphatic rings. The van der Waals surface area contributed by atoms with E-state index in [1.807, 2.05) is 24.3 Å². The van der Waals surface area contributed by atoms with Gasteiger partial charge in [-0.05, 0) is 18.6 Å². The van der Waals surface area contributed by atoms with Gasteiger partial charge in [-0.3, -0.25) is 4.79 Å². The average molecular weight is 285 g/mol. The van der Waals surface area contributed by atoms with Crippen molar-refractivity contribution in [2.45, 2.75) is 26.0 Å². The number of para-hydroxylation sites is 1. The Morgan fingerprint density at radius 1 is 1.43 bits per heavy atom. The third-order valence-electron chi connectivity index (χ3n) is 3.69. The Morgan fingerprint density at radius 2 is 2.19 bits per heavy atom. The number of aryl methyl sites for hydroxylation is 1. The number of pyridine rings is 1. The summed E-state index contributed by atoms with van der Waals surface area (Å²) in [5.74, 6) is -0.330. The highest BCUT2D eigenvalue weighted by molar-refractivity contribution is 5.87. The number of rotatable bonds is 3. The van der Waals surface area contributed by atoms with Crippen molar-refractivity contribution in [2.75, 3.05) is 0 Å². The minimum atomic E-state index is -1.20. The van der Waals surface area contributed by atoms with E-state index >= 15 is 0 Å². The number of nitrogens with zero attached hydrogens (tertiary/aromatic N) is 1. The molecule has 0 spiro atoms. The van der Waals surface area contributed by atoms with Crippen molar-refractivity contribution in [1.82, 2.24) is 4.57 Å². The third-order valence-corrected chi connectivity index (χ3v) is 3.69. The Balaban J connectivity index is 1.85. The van der Waals surface area contributed by atoms with Gasteiger partial charge in [0.05, 0.1) is 6.54 Å². The summed E-state index contributed by atoms with van der Waals surface area (Å²) < 4.78 is 7.62. The summed E-state index contributed by atoms with van der Waals surface area (Å²) in [5.41, 5.74) is 1.20. The fraction of sp³-hybridized carbons (Fsp3) is 0.250. The Bertz CT molecular complexity index is 738. The van der Waals surface area contributed by atoms with Gasteiger partial charge >= 0.3 is 5.97 Å². The first-order chi connectivity index (χ1) is 10.0. The molecule has 0 saturated heterocycles. The number of carboxylic acid groups (broad SMARTS) is 1. The minimum Gasteiger partial charge on any atom is -0.488 e. The summed E-state index contributed by atoms with van der Waals surface area (Å²) in [7, 11) is 0. The molecule has 1 aliphatic heterocycles. The standard InChI is InChI=1S/C16H15NO4/c1-10-6-14(18)13(16(19)20)9-17(10)8-12-7-11-4-2-3-5-15(11)21-12/h2-6,9,12H,7-8H2,1H3,(H,19,20). The maximum absolute atomic E-state index is 11.6. The van der Waals surface area contributed by atoms with Crippen LogP contribution in [0.5, 0.6) is 5.75 Å². The summed E-state index contributed by atoms with van der Waals surface area (Å²) >= 11 is 0. The molecule has 5 nitrogen and oxygen atoms in total. The van der Waals surface area contributed by atoms with Gasteiger partial charge in [-0.25, -0.2) is 4.79 Å². The Morgan fingerprint density at radius 3 is 2.90 bits per heavy atom. The van der Waals surface area contributed by atoms with Gasteiger partial charge in [0, 0.05) is 24.4 Å². The maximum Gasteiger partial charge on any atom is 0.341 e. The van der Waals surface area contributed by atoms with Crippen LogP contribution in [-0.4, -0.2) is 21.7 Å². The van der Waals surface area contributed by atoms with Crippen LogP contribution in [0.4, 0.5) is 0 Å². The molecule has 1 unspecified atom stereocenters. The highest BCUT2D eigenvalue weighted by atomic mass is 16.5. The first-order valence-corrected chi connectivity index (χ1v) is 6.73. The van der Waals surface area contributed by atoms with Gasteiger partial charge in [-0.15, -0.1) is 0 Å². The summed E-state index contributed by atoms with van der Waals surface area (Å²) in [6.07, 6.45) is 2.13. The van der Waals surface area contributed by atoms with Crippen molar-refractivity contribution in [3.63, 3.8) is 0 Å². The number of ether oxygens (including phenoxy) is 1. The number of aromatic nitrogens is 1. The molecule has 2 aromatic rings. The molecule has 2 heterocycles. The summed E-state index contributed by atoms with van der Waals surface area (Å²) in [4.78, 5) is 22.7. The van der Waals surface area contributed by atoms with Gasteiger partial charge in [0.1, 0.15) is 17.4 Å². The highest BCUT2D eigenvalue weighted by Gasteiger charge is 2.23. The predicted octanol–water partition coefficient (Wildman–Crippen LogP) is 1.86. The summed E-state index contributed by atoms with van der Waals surface area (Å²) in [6, 6.07) is 9.20. The number of hydrogen-bond donors (Lipinski definition) is 1. The van der Waals surface area contributed by atoms with E-state index in [4.69, 9.17) is 9.84 Å². The monoisotopic (exact) mass is 285 g/mol. The Kier molecular flexibility index (Phi) is 3.25. The van der Waals surface area contributed by atoms with Crippen LogP contribution in [0.15, 0.2) is 41.3 Å². The van der Waals surface area contributed by atoms with Gasteiger partial charge in [0.25, 0.3) is 0 Å². The average Bonchev–Trinajstić information content (AvgIpc) is 2.83. The zero-order valence-electron chi connectivity index (χ0n) is 11.6. The largest absolute Gasteiger partial charge is 0.488 e. The quantitative estimate of drug-likeness (QED) is 0.934. The Hall–Kier alpha value is -2.56. The molecule has 5 heteroatoms. The molecule has 0 radical (unpaired) electrons. The lowest BCUT2D eigenvalue weighted by molar-refractivity contribution is 0.0694. The SMILES string of the molecule is Cc1cc(=O)c(C(=O)O)cn1CC1Cc2ccccc2O1. The van der Waals surface area contributed by atoms with E-state index in [0.29, 0.717) is 6.54 Å². The van der Waals surface area contributed by atoms with Crippen molar-refractivity contribution in [1.29, 1.82) is 0 Å². The second kappa shape index (κ2) is 5.09. The van der Waals surface area contributed by atoms with Crippen LogP contribution < -0.4 is 10.2 Å². The first-order valence-electron chi connectivity index (χ1n) is 6.73. The van der Waals surface area contributed by atoms with Crippen molar-refractivity contribution >= 4 is 5.97 Å². The zero-order valence-corrected chi connectivity index (χ0v) is 11.6. The molecule has 0 bridgehead atoms. The van der Waals surface area contributed by atoms with Crippen molar-refractivity contribution in [2.24, 2.45) is 0 Å². The molecule has 0 aliphatic carbocycles. The fourth-order valence-corrected chi connectivity index (χ4v) is 2.60. The Labute approximate surface area is 121 Å². The molecule has 1 N–H and O–H groups in total. The molecule has 1 atom stereocenters. The number of benzene rings is 1. The van der Waals surface area contributed by atoms with E-state index in [1.165, 1.54) is 12.3 Å². The number of hydrogen-bond acceptors (Lipinski definition) is 3. The highest BCUT2D eigenvalue weighted by Crippen LogP contribution is 2.28. The van der Waals surface area contributed by atoms with Crippen molar-refractivity contribution in [3.8, 4) is 5.75 Å². The van der Waals surface area contributed by atoms with E-state index in [1.54, 1.807) is 11.5 Å². The van der Waals surface area contributed by atoms with E-state index in [-0.39, 0.29) is 11.7 Å². The molecule has 21 heavy (non-hydrogen) atoms. The van der Waals surface area contributed by atoms with Crippen LogP contribution in [0.2, 0.25) is 0 Å². The van der Waals surface area contributed by atoms with Gasteiger partial charge in [0.15, 0.2) is 5.43 Å². The lowest BCUT2D eigenvalue weighted by Crippen LogP contribution is -2.25. The molecule has 1 aromatic heterocycles. The predicted molar refractivity (Wildman–Crippen MR) is 77.0 cm³/mol. The smallest absolute Gasteiger partial charge is 0.341 e. The van der Waals surface area contributed by atoms with Crippen molar-refractivity contribution in [3.05, 3.63) is 63.6 Å². The topological polar surface area (TPSA) is 68.5 Å². The molecule has 0 amide bonds. The van der Waals surface area contributed by atoms with E-state index < -0.39 is 11.4 Å². The van der Waals surface area contributed by atoms with Crippen molar-refractivity contribution < 1.29 is 14.6 Å². The van der Waals surface area contributed by atoms with E-state index in [9.17, 15) is 9.59 Å². The molecule has 0 saturated carbocycles. The number of carboxylic acids is 1. The number of aromatic carboxylic acids is 1. The van der Waals surface area contributed by atoms with Crippen LogP contribution in [0, 0.1) is 6.92 Å². The first kappa shape index (κ1) is 13.4. The van der Waals surface area contributed by atoms with E-state index in [0.717, 1.165) is 23.4 Å². The van der Waals surface area contributed by atoms with Crippen LogP contribution in [0.1, 0.15) is 21.6 Å². The van der Waals surface area contributed by atoms with Crippen LogP contribution in [0.3, 0.4) is 0 Å². The number of carbonyl (C=O) groups is 1. The second-order valence-corrected chi connectivity index (χ2v) is 5.20. The van der Waals surface area contributed by atoms with E-state index in [2.05, 4.69) is 0 Å². The normalized spacial score (nSPS) is 16.3.